The number of aromatic nitrogens is 9. The summed E-state index contributed by atoms with van der Waals surface area (Å²) in [6.45, 7) is 4.81. The van der Waals surface area contributed by atoms with E-state index >= 15 is 0 Å². The Morgan fingerprint density at radius 3 is 2.85 bits per heavy atom. The van der Waals surface area contributed by atoms with Gasteiger partial charge < -0.3 is 9.51 Å². The molecule has 0 fully saturated rings. The summed E-state index contributed by atoms with van der Waals surface area (Å²) < 4.78 is 9.41. The van der Waals surface area contributed by atoms with Gasteiger partial charge in [-0.25, -0.2) is 14.4 Å². The van der Waals surface area contributed by atoms with Gasteiger partial charge in [-0.1, -0.05) is 24.9 Å². The number of fused-ring (bicyclic) bond motifs is 2. The van der Waals surface area contributed by atoms with Crippen LogP contribution >= 0.6 is 27.3 Å². The maximum absolute atomic E-state index is 13.2. The van der Waals surface area contributed by atoms with Gasteiger partial charge in [-0.05, 0) is 29.3 Å². The average Bonchev–Trinajstić information content (AvgIpc) is 3.57. The van der Waals surface area contributed by atoms with Gasteiger partial charge in [0.05, 0.1) is 6.42 Å². The van der Waals surface area contributed by atoms with Crippen molar-refractivity contribution in [2.45, 2.75) is 58.9 Å². The molecule has 0 saturated heterocycles. The van der Waals surface area contributed by atoms with E-state index in [9.17, 15) is 4.79 Å². The topological polar surface area (TPSA) is 133 Å². The number of hydrogen-bond acceptors (Lipinski definition) is 9. The molecule has 0 aliphatic heterocycles. The Kier molecular flexibility index (Phi) is 6.06. The lowest BCUT2D eigenvalue weighted by Gasteiger charge is -2.09. The number of nitrogens with zero attached hydrogens (tertiary/aromatic N) is 8. The predicted molar refractivity (Wildman–Crippen MR) is 125 cm³/mol. The minimum absolute atomic E-state index is 0.227. The zero-order valence-corrected chi connectivity index (χ0v) is 20.6. The molecule has 33 heavy (non-hydrogen) atoms. The van der Waals surface area contributed by atoms with Crippen LogP contribution in [0.3, 0.4) is 0 Å². The van der Waals surface area contributed by atoms with Crippen molar-refractivity contribution in [3.8, 4) is 0 Å². The third-order valence-electron chi connectivity index (χ3n) is 5.32. The number of aromatic amines is 1. The lowest BCUT2D eigenvalue weighted by molar-refractivity contribution is 0.373. The summed E-state index contributed by atoms with van der Waals surface area (Å²) in [6, 6.07) is 0. The maximum atomic E-state index is 13.2. The van der Waals surface area contributed by atoms with Crippen LogP contribution in [-0.2, 0) is 25.8 Å². The van der Waals surface area contributed by atoms with Crippen molar-refractivity contribution in [1.29, 1.82) is 0 Å². The summed E-state index contributed by atoms with van der Waals surface area (Å²) in [4.78, 5) is 29.6. The Labute approximate surface area is 200 Å². The van der Waals surface area contributed by atoms with E-state index in [2.05, 4.69) is 58.1 Å². The fraction of sp³-hybridized carbons (Fsp3) is 0.450. The number of aryl methyl sites for hydroxylation is 4. The summed E-state index contributed by atoms with van der Waals surface area (Å²) in [6.07, 6.45) is 4.54. The second-order valence-electron chi connectivity index (χ2n) is 7.81. The molecule has 0 saturated carbocycles. The maximum Gasteiger partial charge on any atom is 0.286 e. The van der Waals surface area contributed by atoms with E-state index in [-0.39, 0.29) is 5.56 Å². The zero-order valence-electron chi connectivity index (χ0n) is 18.2. The Balaban J connectivity index is 1.41. The average molecular weight is 532 g/mol. The number of thiazole rings is 1. The molecule has 172 valence electrons. The molecule has 0 aromatic carbocycles. The van der Waals surface area contributed by atoms with Crippen LogP contribution in [0, 0.1) is 6.92 Å². The lowest BCUT2D eigenvalue weighted by Crippen LogP contribution is -2.21. The van der Waals surface area contributed by atoms with Crippen molar-refractivity contribution in [3.05, 3.63) is 48.7 Å². The van der Waals surface area contributed by atoms with Gasteiger partial charge in [0, 0.05) is 30.5 Å². The molecule has 5 aromatic heterocycles. The number of halogens is 1. The fourth-order valence-corrected chi connectivity index (χ4v) is 4.90. The number of H-pyrrole nitrogens is 1. The molecule has 0 aliphatic rings. The van der Waals surface area contributed by atoms with Crippen molar-refractivity contribution in [2.24, 2.45) is 0 Å². The van der Waals surface area contributed by atoms with Crippen LogP contribution < -0.4 is 5.56 Å². The van der Waals surface area contributed by atoms with E-state index < -0.39 is 0 Å². The van der Waals surface area contributed by atoms with Gasteiger partial charge >= 0.3 is 0 Å². The van der Waals surface area contributed by atoms with E-state index in [0.717, 1.165) is 30.0 Å². The Morgan fingerprint density at radius 2 is 2.06 bits per heavy atom. The van der Waals surface area contributed by atoms with E-state index in [1.165, 1.54) is 0 Å². The van der Waals surface area contributed by atoms with Crippen molar-refractivity contribution < 1.29 is 4.52 Å². The summed E-state index contributed by atoms with van der Waals surface area (Å²) in [7, 11) is 0. The first-order valence-electron chi connectivity index (χ1n) is 10.8. The Hall–Kier alpha value is -2.93. The SMILES string of the molecule is CCCCCn1c2nc(Br)[nH]c2c(=O)n2c(CCc3nc(Cc4nc(C)cs4)no3)nnc12. The van der Waals surface area contributed by atoms with E-state index in [0.29, 0.717) is 65.0 Å². The summed E-state index contributed by atoms with van der Waals surface area (Å²) in [5.74, 6) is 2.11. The standard InChI is InChI=1S/C20H22BrN9O2S/c1-3-4-5-8-29-17-16(24-19(21)25-17)18(31)30-13(26-27-20(29)30)6-7-14-23-12(28-32-14)9-15-22-11(2)10-33-15/h10H,3-9H2,1-2H3,(H,24,25). The molecule has 0 spiro atoms. The minimum Gasteiger partial charge on any atom is -0.339 e. The Morgan fingerprint density at radius 1 is 1.18 bits per heavy atom. The highest BCUT2D eigenvalue weighted by molar-refractivity contribution is 9.10. The van der Waals surface area contributed by atoms with Crippen LogP contribution in [0.4, 0.5) is 0 Å². The van der Waals surface area contributed by atoms with E-state index in [1.54, 1.807) is 15.7 Å². The van der Waals surface area contributed by atoms with Gasteiger partial charge in [0.25, 0.3) is 5.56 Å². The number of unbranched alkanes of at least 4 members (excludes halogenated alkanes) is 2. The third kappa shape index (κ3) is 4.34. The van der Waals surface area contributed by atoms with Crippen molar-refractivity contribution >= 4 is 44.2 Å². The molecule has 13 heteroatoms. The molecule has 1 N–H and O–H groups in total. The molecular formula is C20H22BrN9O2S. The normalized spacial score (nSPS) is 11.8. The zero-order chi connectivity index (χ0) is 22.9. The third-order valence-corrected chi connectivity index (χ3v) is 6.66. The molecule has 0 unspecified atom stereocenters. The van der Waals surface area contributed by atoms with Gasteiger partial charge in [0.15, 0.2) is 21.7 Å². The van der Waals surface area contributed by atoms with Crippen LogP contribution in [0.2, 0.25) is 0 Å². The molecule has 5 aromatic rings. The van der Waals surface area contributed by atoms with Crippen LogP contribution in [-0.4, -0.2) is 44.3 Å². The van der Waals surface area contributed by atoms with Gasteiger partial charge in [0.2, 0.25) is 11.7 Å². The van der Waals surface area contributed by atoms with Crippen LogP contribution in [0.5, 0.6) is 0 Å². The molecule has 5 rings (SSSR count). The quantitative estimate of drug-likeness (QED) is 0.226. The first-order chi connectivity index (χ1) is 16.0. The van der Waals surface area contributed by atoms with Gasteiger partial charge in [-0.3, -0.25) is 9.36 Å². The van der Waals surface area contributed by atoms with Crippen molar-refractivity contribution in [1.82, 2.24) is 44.3 Å². The fourth-order valence-electron chi connectivity index (χ4n) is 3.77. The van der Waals surface area contributed by atoms with Crippen molar-refractivity contribution in [3.63, 3.8) is 0 Å². The van der Waals surface area contributed by atoms with Crippen LogP contribution in [0.15, 0.2) is 19.4 Å². The summed E-state index contributed by atoms with van der Waals surface area (Å²) >= 11 is 4.92. The molecule has 0 atom stereocenters. The molecule has 0 amide bonds. The summed E-state index contributed by atoms with van der Waals surface area (Å²) in [5, 5.41) is 15.6. The second kappa shape index (κ2) is 9.14. The van der Waals surface area contributed by atoms with Crippen LogP contribution in [0.1, 0.15) is 54.4 Å². The second-order valence-corrected chi connectivity index (χ2v) is 9.50. The minimum atomic E-state index is -0.227. The highest BCUT2D eigenvalue weighted by Gasteiger charge is 2.20. The first kappa shape index (κ1) is 21.9. The molecule has 0 aliphatic carbocycles. The highest BCUT2D eigenvalue weighted by atomic mass is 79.9. The molecule has 0 bridgehead atoms. The molecule has 5 heterocycles. The van der Waals surface area contributed by atoms with Gasteiger partial charge in [0.1, 0.15) is 10.8 Å². The number of imidazole rings is 1. The summed E-state index contributed by atoms with van der Waals surface area (Å²) in [5.41, 5.74) is 1.76. The Bertz CT molecular complexity index is 1480. The number of nitrogens with one attached hydrogen (secondary N) is 1. The smallest absolute Gasteiger partial charge is 0.286 e. The van der Waals surface area contributed by atoms with Gasteiger partial charge in [-0.2, -0.15) is 4.98 Å². The van der Waals surface area contributed by atoms with Crippen molar-refractivity contribution in [2.75, 3.05) is 0 Å². The number of hydrogen-bond donors (Lipinski definition) is 1. The van der Waals surface area contributed by atoms with E-state index in [4.69, 9.17) is 4.52 Å². The lowest BCUT2D eigenvalue weighted by atomic mass is 10.2. The number of rotatable bonds is 9. The highest BCUT2D eigenvalue weighted by Crippen LogP contribution is 2.17. The van der Waals surface area contributed by atoms with Gasteiger partial charge in [-0.15, -0.1) is 21.5 Å². The molecular weight excluding hydrogens is 510 g/mol. The first-order valence-corrected chi connectivity index (χ1v) is 12.4. The molecule has 0 radical (unpaired) electrons. The van der Waals surface area contributed by atoms with Crippen LogP contribution in [0.25, 0.3) is 16.9 Å². The monoisotopic (exact) mass is 531 g/mol. The molecule has 11 nitrogen and oxygen atoms in total. The largest absolute Gasteiger partial charge is 0.339 e. The van der Waals surface area contributed by atoms with E-state index in [1.807, 2.05) is 16.9 Å². The predicted octanol–water partition coefficient (Wildman–Crippen LogP) is 3.24.